The second-order valence-corrected chi connectivity index (χ2v) is 7.01. The van der Waals surface area contributed by atoms with Gasteiger partial charge in [-0.2, -0.15) is 4.98 Å². The van der Waals surface area contributed by atoms with E-state index in [-0.39, 0.29) is 23.6 Å². The fourth-order valence-corrected chi connectivity index (χ4v) is 2.75. The number of nitrogens with one attached hydrogen (secondary N) is 2. The van der Waals surface area contributed by atoms with Crippen LogP contribution in [-0.4, -0.2) is 32.7 Å². The van der Waals surface area contributed by atoms with Crippen molar-refractivity contribution in [3.8, 4) is 11.4 Å². The van der Waals surface area contributed by atoms with E-state index in [9.17, 15) is 9.50 Å². The van der Waals surface area contributed by atoms with Crippen LogP contribution in [0.3, 0.4) is 0 Å². The predicted octanol–water partition coefficient (Wildman–Crippen LogP) is 4.50. The van der Waals surface area contributed by atoms with Gasteiger partial charge < -0.3 is 15.7 Å². The predicted molar refractivity (Wildman–Crippen MR) is 109 cm³/mol. The van der Waals surface area contributed by atoms with Gasteiger partial charge in [0.15, 0.2) is 0 Å². The second kappa shape index (κ2) is 8.95. The number of nitrogens with zero attached hydrogens (tertiary/aromatic N) is 3. The number of pyridine rings is 1. The number of benzene rings is 1. The summed E-state index contributed by atoms with van der Waals surface area (Å²) in [6.45, 7) is 3.93. The smallest absolute Gasteiger partial charge is 0.225 e. The Hall–Kier alpha value is -2.77. The van der Waals surface area contributed by atoms with Crippen molar-refractivity contribution in [2.75, 3.05) is 17.2 Å². The van der Waals surface area contributed by atoms with Crippen LogP contribution in [0.1, 0.15) is 13.8 Å². The lowest BCUT2D eigenvalue weighted by molar-refractivity contribution is 0.248. The van der Waals surface area contributed by atoms with Crippen molar-refractivity contribution in [2.45, 2.75) is 19.9 Å². The molecule has 0 saturated carbocycles. The summed E-state index contributed by atoms with van der Waals surface area (Å²) in [5.41, 5.74) is 1.79. The summed E-state index contributed by atoms with van der Waals surface area (Å²) < 4.78 is 13.3. The van der Waals surface area contributed by atoms with Crippen molar-refractivity contribution in [3.05, 3.63) is 59.5 Å². The summed E-state index contributed by atoms with van der Waals surface area (Å²) >= 11 is 6.12. The van der Waals surface area contributed by atoms with Crippen LogP contribution in [0.4, 0.5) is 21.8 Å². The number of halogens is 2. The number of aliphatic hydroxyl groups is 1. The van der Waals surface area contributed by atoms with Gasteiger partial charge in [-0.05, 0) is 36.2 Å². The van der Waals surface area contributed by atoms with E-state index < -0.39 is 5.82 Å². The zero-order valence-electron chi connectivity index (χ0n) is 15.5. The molecule has 0 amide bonds. The molecule has 2 aromatic heterocycles. The molecule has 0 aliphatic carbocycles. The Morgan fingerprint density at radius 2 is 1.93 bits per heavy atom. The standard InChI is InChI=1S/C20H21ClFN5O/c1-12(2)18(11-28)26-20-25-17(16-5-3-4-8-23-16)10-19(27-20)24-15-7-6-13(22)9-14(15)21/h3-10,12,18,28H,11H2,1-2H3,(H2,24,25,26,27)/t18-/m0/s1. The van der Waals surface area contributed by atoms with Crippen LogP contribution in [0.5, 0.6) is 0 Å². The zero-order chi connectivity index (χ0) is 20.1. The Labute approximate surface area is 167 Å². The lowest BCUT2D eigenvalue weighted by Gasteiger charge is -2.20. The lowest BCUT2D eigenvalue weighted by atomic mass is 10.1. The van der Waals surface area contributed by atoms with Gasteiger partial charge in [-0.15, -0.1) is 0 Å². The molecule has 0 bridgehead atoms. The number of aliphatic hydroxyl groups excluding tert-OH is 1. The minimum atomic E-state index is -0.419. The lowest BCUT2D eigenvalue weighted by Crippen LogP contribution is -2.30. The van der Waals surface area contributed by atoms with Crippen molar-refractivity contribution in [2.24, 2.45) is 5.92 Å². The third-order valence-corrected chi connectivity index (χ3v) is 4.48. The van der Waals surface area contributed by atoms with Crippen LogP contribution in [-0.2, 0) is 0 Å². The molecule has 1 atom stereocenters. The molecule has 0 fully saturated rings. The van der Waals surface area contributed by atoms with E-state index in [1.165, 1.54) is 18.2 Å². The molecule has 146 valence electrons. The van der Waals surface area contributed by atoms with Gasteiger partial charge in [-0.25, -0.2) is 9.37 Å². The summed E-state index contributed by atoms with van der Waals surface area (Å²) in [6.07, 6.45) is 1.68. The molecule has 0 saturated heterocycles. The zero-order valence-corrected chi connectivity index (χ0v) is 16.3. The van der Waals surface area contributed by atoms with Gasteiger partial charge in [0.05, 0.1) is 34.7 Å². The molecule has 3 rings (SSSR count). The summed E-state index contributed by atoms with van der Waals surface area (Å²) in [6, 6.07) is 11.1. The van der Waals surface area contributed by atoms with E-state index >= 15 is 0 Å². The maximum Gasteiger partial charge on any atom is 0.225 e. The van der Waals surface area contributed by atoms with Crippen LogP contribution < -0.4 is 10.6 Å². The molecular formula is C20H21ClFN5O. The number of hydrogen-bond donors (Lipinski definition) is 3. The summed E-state index contributed by atoms with van der Waals surface area (Å²) in [4.78, 5) is 13.3. The molecule has 28 heavy (non-hydrogen) atoms. The first kappa shape index (κ1) is 20.0. The van der Waals surface area contributed by atoms with Crippen LogP contribution >= 0.6 is 11.6 Å². The molecule has 0 aliphatic heterocycles. The topological polar surface area (TPSA) is 83.0 Å². The van der Waals surface area contributed by atoms with E-state index in [1.54, 1.807) is 12.3 Å². The number of rotatable bonds is 7. The van der Waals surface area contributed by atoms with Gasteiger partial charge in [0.2, 0.25) is 5.95 Å². The van der Waals surface area contributed by atoms with E-state index in [1.807, 2.05) is 32.0 Å². The highest BCUT2D eigenvalue weighted by atomic mass is 35.5. The maximum atomic E-state index is 13.3. The van der Waals surface area contributed by atoms with E-state index in [0.29, 0.717) is 28.8 Å². The van der Waals surface area contributed by atoms with E-state index in [2.05, 4.69) is 25.6 Å². The molecule has 6 nitrogen and oxygen atoms in total. The number of anilines is 3. The van der Waals surface area contributed by atoms with Gasteiger partial charge >= 0.3 is 0 Å². The average Bonchev–Trinajstić information content (AvgIpc) is 2.68. The molecule has 3 N–H and O–H groups in total. The van der Waals surface area contributed by atoms with Crippen LogP contribution in [0.2, 0.25) is 5.02 Å². The van der Waals surface area contributed by atoms with E-state index in [0.717, 1.165) is 0 Å². The van der Waals surface area contributed by atoms with Crippen molar-refractivity contribution < 1.29 is 9.50 Å². The first-order chi connectivity index (χ1) is 13.5. The Morgan fingerprint density at radius 3 is 2.57 bits per heavy atom. The minimum Gasteiger partial charge on any atom is -0.394 e. The highest BCUT2D eigenvalue weighted by Crippen LogP contribution is 2.28. The van der Waals surface area contributed by atoms with Gasteiger partial charge in [-0.3, -0.25) is 4.98 Å². The highest BCUT2D eigenvalue weighted by molar-refractivity contribution is 6.33. The molecule has 0 spiro atoms. The van der Waals surface area contributed by atoms with Gasteiger partial charge in [0.25, 0.3) is 0 Å². The third-order valence-electron chi connectivity index (χ3n) is 4.16. The second-order valence-electron chi connectivity index (χ2n) is 6.60. The first-order valence-corrected chi connectivity index (χ1v) is 9.24. The van der Waals surface area contributed by atoms with Gasteiger partial charge in [0.1, 0.15) is 11.6 Å². The molecule has 0 unspecified atom stereocenters. The minimum absolute atomic E-state index is 0.0542. The Balaban J connectivity index is 1.99. The van der Waals surface area contributed by atoms with Crippen LogP contribution in [0.15, 0.2) is 48.7 Å². The summed E-state index contributed by atoms with van der Waals surface area (Å²) in [5.74, 6) is 0.566. The fraction of sp³-hybridized carbons (Fsp3) is 0.250. The monoisotopic (exact) mass is 401 g/mol. The molecule has 3 aromatic rings. The first-order valence-electron chi connectivity index (χ1n) is 8.86. The fourth-order valence-electron chi connectivity index (χ4n) is 2.54. The molecule has 0 radical (unpaired) electrons. The number of aromatic nitrogens is 3. The van der Waals surface area contributed by atoms with Crippen molar-refractivity contribution >= 4 is 29.1 Å². The van der Waals surface area contributed by atoms with Crippen molar-refractivity contribution in [1.82, 2.24) is 15.0 Å². The maximum absolute atomic E-state index is 13.3. The molecule has 8 heteroatoms. The van der Waals surface area contributed by atoms with Crippen LogP contribution in [0, 0.1) is 11.7 Å². The molecule has 1 aromatic carbocycles. The van der Waals surface area contributed by atoms with Crippen molar-refractivity contribution in [3.63, 3.8) is 0 Å². The normalized spacial score (nSPS) is 12.1. The van der Waals surface area contributed by atoms with E-state index in [4.69, 9.17) is 11.6 Å². The van der Waals surface area contributed by atoms with Crippen LogP contribution in [0.25, 0.3) is 11.4 Å². The Bertz CT molecular complexity index is 939. The Morgan fingerprint density at radius 1 is 1.11 bits per heavy atom. The summed E-state index contributed by atoms with van der Waals surface area (Å²) in [7, 11) is 0. The number of hydrogen-bond acceptors (Lipinski definition) is 6. The highest BCUT2D eigenvalue weighted by Gasteiger charge is 2.16. The molecular weight excluding hydrogens is 381 g/mol. The largest absolute Gasteiger partial charge is 0.394 e. The van der Waals surface area contributed by atoms with Gasteiger partial charge in [0, 0.05) is 12.3 Å². The quantitative estimate of drug-likeness (QED) is 0.540. The molecule has 0 aliphatic rings. The average molecular weight is 402 g/mol. The summed E-state index contributed by atoms with van der Waals surface area (Å²) in [5, 5.41) is 16.1. The third kappa shape index (κ3) is 4.94. The van der Waals surface area contributed by atoms with Gasteiger partial charge in [-0.1, -0.05) is 31.5 Å². The Kier molecular flexibility index (Phi) is 6.38. The molecule has 2 heterocycles. The SMILES string of the molecule is CC(C)[C@H](CO)Nc1nc(Nc2ccc(F)cc2Cl)cc(-c2ccccn2)n1. The van der Waals surface area contributed by atoms with Crippen molar-refractivity contribution in [1.29, 1.82) is 0 Å².